The van der Waals surface area contributed by atoms with Gasteiger partial charge < -0.3 is 14.5 Å². The predicted molar refractivity (Wildman–Crippen MR) is 109 cm³/mol. The molecule has 0 aliphatic heterocycles. The van der Waals surface area contributed by atoms with Gasteiger partial charge in [0.1, 0.15) is 11.4 Å². The highest BCUT2D eigenvalue weighted by atomic mass is 35.5. The van der Waals surface area contributed by atoms with Gasteiger partial charge >= 0.3 is 5.97 Å². The Labute approximate surface area is 170 Å². The zero-order valence-electron chi connectivity index (χ0n) is 15.4. The maximum atomic E-state index is 12.2. The second kappa shape index (κ2) is 7.81. The Morgan fingerprint density at radius 3 is 2.66 bits per heavy atom. The fourth-order valence-corrected chi connectivity index (χ4v) is 2.94. The van der Waals surface area contributed by atoms with Crippen molar-refractivity contribution in [2.45, 2.75) is 0 Å². The zero-order chi connectivity index (χ0) is 20.4. The van der Waals surface area contributed by atoms with Gasteiger partial charge in [-0.2, -0.15) is 5.10 Å². The van der Waals surface area contributed by atoms with Gasteiger partial charge in [0, 0.05) is 29.1 Å². The third-order valence-corrected chi connectivity index (χ3v) is 4.50. The molecule has 0 bridgehead atoms. The van der Waals surface area contributed by atoms with Crippen molar-refractivity contribution in [1.82, 2.24) is 9.78 Å². The maximum absolute atomic E-state index is 12.2. The van der Waals surface area contributed by atoms with E-state index in [4.69, 9.17) is 20.8 Å². The predicted octanol–water partition coefficient (Wildman–Crippen LogP) is 4.28. The van der Waals surface area contributed by atoms with Crippen LogP contribution >= 0.6 is 11.6 Å². The smallest absolute Gasteiger partial charge is 0.374 e. The van der Waals surface area contributed by atoms with Crippen molar-refractivity contribution in [2.75, 3.05) is 11.9 Å². The number of carbonyl (C=O) groups is 2. The quantitative estimate of drug-likeness (QED) is 0.497. The lowest BCUT2D eigenvalue weighted by atomic mass is 10.1. The Morgan fingerprint density at radius 1 is 1.14 bits per heavy atom. The molecular weight excluding hydrogens is 394 g/mol. The van der Waals surface area contributed by atoms with Crippen LogP contribution in [-0.2, 0) is 16.6 Å². The molecule has 0 aliphatic rings. The van der Waals surface area contributed by atoms with Crippen LogP contribution < -0.4 is 5.32 Å². The average molecular weight is 410 g/mol. The van der Waals surface area contributed by atoms with Gasteiger partial charge in [-0.05, 0) is 24.3 Å². The number of anilines is 1. The molecule has 7 nitrogen and oxygen atoms in total. The number of aromatic nitrogens is 2. The molecule has 2 aromatic heterocycles. The molecule has 0 unspecified atom stereocenters. The van der Waals surface area contributed by atoms with Crippen LogP contribution in [0.2, 0.25) is 5.02 Å². The molecule has 2 aromatic carbocycles. The summed E-state index contributed by atoms with van der Waals surface area (Å²) in [6.07, 6.45) is 0. The summed E-state index contributed by atoms with van der Waals surface area (Å²) in [6, 6.07) is 17.7. The third kappa shape index (κ3) is 4.14. The van der Waals surface area contributed by atoms with E-state index in [0.717, 1.165) is 10.9 Å². The number of amides is 1. The number of fused-ring (bicyclic) bond motifs is 1. The number of hydrogen-bond acceptors (Lipinski definition) is 5. The van der Waals surface area contributed by atoms with Crippen LogP contribution in [0.25, 0.3) is 22.2 Å². The van der Waals surface area contributed by atoms with E-state index in [2.05, 4.69) is 10.4 Å². The summed E-state index contributed by atoms with van der Waals surface area (Å²) in [5.41, 5.74) is 2.12. The first-order chi connectivity index (χ1) is 14.0. The highest BCUT2D eigenvalue weighted by Crippen LogP contribution is 2.23. The highest BCUT2D eigenvalue weighted by molar-refractivity contribution is 6.30. The number of ether oxygens (including phenoxy) is 1. The number of rotatable bonds is 5. The largest absolute Gasteiger partial charge is 0.450 e. The van der Waals surface area contributed by atoms with Crippen LogP contribution in [0.15, 0.2) is 65.1 Å². The highest BCUT2D eigenvalue weighted by Gasteiger charge is 2.16. The molecule has 2 heterocycles. The molecule has 0 saturated heterocycles. The zero-order valence-corrected chi connectivity index (χ0v) is 16.1. The van der Waals surface area contributed by atoms with E-state index >= 15 is 0 Å². The number of para-hydroxylation sites is 1. The van der Waals surface area contributed by atoms with E-state index in [9.17, 15) is 9.59 Å². The number of aryl methyl sites for hydroxylation is 1. The molecule has 0 aliphatic carbocycles. The van der Waals surface area contributed by atoms with Crippen LogP contribution in [-0.4, -0.2) is 28.3 Å². The number of halogens is 1. The van der Waals surface area contributed by atoms with E-state index in [1.807, 2.05) is 24.3 Å². The number of hydrogen-bond donors (Lipinski definition) is 1. The van der Waals surface area contributed by atoms with Crippen LogP contribution in [0.1, 0.15) is 10.6 Å². The molecule has 0 atom stereocenters. The minimum absolute atomic E-state index is 0.0459. The third-order valence-electron chi connectivity index (χ3n) is 4.25. The second-order valence-corrected chi connectivity index (χ2v) is 6.75. The van der Waals surface area contributed by atoms with Crippen molar-refractivity contribution in [3.8, 4) is 11.3 Å². The van der Waals surface area contributed by atoms with Crippen molar-refractivity contribution >= 4 is 40.3 Å². The molecule has 0 fully saturated rings. The van der Waals surface area contributed by atoms with Crippen LogP contribution in [0, 0.1) is 0 Å². The van der Waals surface area contributed by atoms with Gasteiger partial charge in [-0.25, -0.2) is 4.79 Å². The number of carbonyl (C=O) groups excluding carboxylic acids is 2. The number of nitrogens with one attached hydrogen (secondary N) is 1. The van der Waals surface area contributed by atoms with Gasteiger partial charge in [0.15, 0.2) is 6.61 Å². The maximum Gasteiger partial charge on any atom is 0.374 e. The number of esters is 1. The monoisotopic (exact) mass is 409 g/mol. The first kappa shape index (κ1) is 18.8. The van der Waals surface area contributed by atoms with Gasteiger partial charge in [-0.15, -0.1) is 0 Å². The van der Waals surface area contributed by atoms with Crippen molar-refractivity contribution in [3.63, 3.8) is 0 Å². The molecular formula is C21H16ClN3O4. The molecule has 4 rings (SSSR count). The first-order valence-corrected chi connectivity index (χ1v) is 9.13. The number of furan rings is 1. The first-order valence-electron chi connectivity index (χ1n) is 8.75. The lowest BCUT2D eigenvalue weighted by molar-refractivity contribution is -0.119. The molecule has 146 valence electrons. The molecule has 29 heavy (non-hydrogen) atoms. The van der Waals surface area contributed by atoms with E-state index in [1.165, 1.54) is 4.68 Å². The van der Waals surface area contributed by atoms with Crippen LogP contribution in [0.3, 0.4) is 0 Å². The summed E-state index contributed by atoms with van der Waals surface area (Å²) in [5, 5.41) is 8.45. The standard InChI is InChI=1S/C21H16ClN3O4/c1-25-19(11-16(24-25)13-6-8-15(22)9-7-13)23-20(26)12-28-21(27)18-10-14-4-2-3-5-17(14)29-18/h2-11H,12H2,1H3,(H,23,26). The molecule has 8 heteroatoms. The Kier molecular flexibility index (Phi) is 5.05. The number of nitrogens with zero attached hydrogens (tertiary/aromatic N) is 2. The fraction of sp³-hybridized carbons (Fsp3) is 0.0952. The van der Waals surface area contributed by atoms with Crippen molar-refractivity contribution < 1.29 is 18.7 Å². The molecule has 0 spiro atoms. The van der Waals surface area contributed by atoms with Crippen molar-refractivity contribution in [1.29, 1.82) is 0 Å². The summed E-state index contributed by atoms with van der Waals surface area (Å²) >= 11 is 5.90. The molecule has 0 radical (unpaired) electrons. The summed E-state index contributed by atoms with van der Waals surface area (Å²) < 4.78 is 12.0. The van der Waals surface area contributed by atoms with Crippen LogP contribution in [0.4, 0.5) is 5.82 Å². The Bertz CT molecular complexity index is 1160. The lowest BCUT2D eigenvalue weighted by Gasteiger charge is -2.05. The minimum atomic E-state index is -0.705. The van der Waals surface area contributed by atoms with Crippen molar-refractivity contribution in [3.05, 3.63) is 71.4 Å². The van der Waals surface area contributed by atoms with E-state index in [1.54, 1.807) is 43.4 Å². The van der Waals surface area contributed by atoms with Crippen molar-refractivity contribution in [2.24, 2.45) is 7.05 Å². The second-order valence-electron chi connectivity index (χ2n) is 6.32. The summed E-state index contributed by atoms with van der Waals surface area (Å²) in [7, 11) is 1.70. The van der Waals surface area contributed by atoms with Gasteiger partial charge in [-0.3, -0.25) is 9.48 Å². The van der Waals surface area contributed by atoms with E-state index in [-0.39, 0.29) is 5.76 Å². The van der Waals surface area contributed by atoms with Gasteiger partial charge in [0.25, 0.3) is 5.91 Å². The van der Waals surface area contributed by atoms with E-state index in [0.29, 0.717) is 22.1 Å². The molecule has 1 N–H and O–H groups in total. The van der Waals surface area contributed by atoms with Crippen LogP contribution in [0.5, 0.6) is 0 Å². The number of benzene rings is 2. The Hall–Kier alpha value is -3.58. The van der Waals surface area contributed by atoms with Gasteiger partial charge in [0.05, 0.1) is 5.69 Å². The SMILES string of the molecule is Cn1nc(-c2ccc(Cl)cc2)cc1NC(=O)COC(=O)c1cc2ccccc2o1. The minimum Gasteiger partial charge on any atom is -0.450 e. The molecule has 1 amide bonds. The summed E-state index contributed by atoms with van der Waals surface area (Å²) in [4.78, 5) is 24.3. The lowest BCUT2D eigenvalue weighted by Crippen LogP contribution is -2.22. The van der Waals surface area contributed by atoms with Gasteiger partial charge in [0.2, 0.25) is 5.76 Å². The van der Waals surface area contributed by atoms with E-state index < -0.39 is 18.5 Å². The summed E-state index contributed by atoms with van der Waals surface area (Å²) in [5.74, 6) is -0.673. The molecule has 4 aromatic rings. The summed E-state index contributed by atoms with van der Waals surface area (Å²) in [6.45, 7) is -0.447. The average Bonchev–Trinajstić information content (AvgIpc) is 3.30. The normalized spacial score (nSPS) is 10.8. The fourth-order valence-electron chi connectivity index (χ4n) is 2.81. The topological polar surface area (TPSA) is 86.4 Å². The Morgan fingerprint density at radius 2 is 1.90 bits per heavy atom. The van der Waals surface area contributed by atoms with Gasteiger partial charge in [-0.1, -0.05) is 41.9 Å². The molecule has 0 saturated carbocycles. The Balaban J connectivity index is 1.38.